The Labute approximate surface area is 225 Å². The van der Waals surface area contributed by atoms with Crippen molar-refractivity contribution >= 4 is 21.6 Å². The first-order chi connectivity index (χ1) is 17.5. The van der Waals surface area contributed by atoms with E-state index in [1.54, 1.807) is 24.6 Å². The molecule has 0 aliphatic carbocycles. The van der Waals surface area contributed by atoms with Crippen LogP contribution < -0.4 is 15.4 Å². The van der Waals surface area contributed by atoms with Crippen molar-refractivity contribution in [2.75, 3.05) is 24.2 Å². The van der Waals surface area contributed by atoms with Crippen molar-refractivity contribution in [3.63, 3.8) is 0 Å². The fourth-order valence-corrected chi connectivity index (χ4v) is 4.18. The molecule has 2 aromatic carbocycles. The predicted molar refractivity (Wildman–Crippen MR) is 148 cm³/mol. The van der Waals surface area contributed by atoms with E-state index in [0.29, 0.717) is 37.5 Å². The van der Waals surface area contributed by atoms with Crippen LogP contribution in [0.5, 0.6) is 0 Å². The molecule has 0 saturated carbocycles. The summed E-state index contributed by atoms with van der Waals surface area (Å²) in [4.78, 5) is 12.7. The van der Waals surface area contributed by atoms with Gasteiger partial charge in [0.05, 0.1) is 30.7 Å². The Kier molecular flexibility index (Phi) is 10.9. The van der Waals surface area contributed by atoms with E-state index < -0.39 is 21.6 Å². The molecule has 0 saturated heterocycles. The van der Waals surface area contributed by atoms with E-state index in [0.717, 1.165) is 11.1 Å². The first-order valence-electron chi connectivity index (χ1n) is 12.0. The molecule has 1 atom stereocenters. The van der Waals surface area contributed by atoms with Crippen LogP contribution in [0.25, 0.3) is 0 Å². The molecular formula is C26H39N7O4S. The summed E-state index contributed by atoms with van der Waals surface area (Å²) in [5.41, 5.74) is 7.43. The van der Waals surface area contributed by atoms with Crippen molar-refractivity contribution in [1.29, 1.82) is 0 Å². The molecule has 3 N–H and O–H groups in total. The molecular weight excluding hydrogens is 506 g/mol. The molecule has 208 valence electrons. The Hall–Kier alpha value is -3.35. The number of sulfonamides is 1. The van der Waals surface area contributed by atoms with Gasteiger partial charge in [0.2, 0.25) is 15.9 Å². The van der Waals surface area contributed by atoms with Gasteiger partial charge in [-0.05, 0) is 54.3 Å². The highest BCUT2D eigenvalue weighted by atomic mass is 32.2. The number of tetrazole rings is 1. The number of aryl methyl sites for hydroxylation is 2. The standard InChI is InChI=1S/C25H35N7O4S.CH4/c1-25(2,26)24(33)27-21(18-36-17-19-11-6-5-7-12-19)23-28-29-30-32(23)16-10-14-20-13-8-9-15-22(20)31(3)37(4,34)35;/h5-9,11-13,15,21H,10,14,16-18,26H2,1-4H3,(H,27,33);1H4/t21-;/m1./s1. The Morgan fingerprint density at radius 3 is 2.47 bits per heavy atom. The zero-order chi connectivity index (χ0) is 27.1. The summed E-state index contributed by atoms with van der Waals surface area (Å²) in [6.07, 6.45) is 2.42. The van der Waals surface area contributed by atoms with Crippen molar-refractivity contribution in [2.45, 2.75) is 58.8 Å². The number of nitrogens with zero attached hydrogens (tertiary/aromatic N) is 5. The highest BCUT2D eigenvalue weighted by Crippen LogP contribution is 2.23. The number of amides is 1. The summed E-state index contributed by atoms with van der Waals surface area (Å²) >= 11 is 0. The van der Waals surface area contributed by atoms with Gasteiger partial charge in [-0.2, -0.15) is 0 Å². The second-order valence-electron chi connectivity index (χ2n) is 9.47. The average Bonchev–Trinajstić information content (AvgIpc) is 3.31. The number of anilines is 1. The van der Waals surface area contributed by atoms with E-state index in [-0.39, 0.29) is 19.9 Å². The van der Waals surface area contributed by atoms with Gasteiger partial charge in [0.25, 0.3) is 0 Å². The largest absolute Gasteiger partial charge is 0.374 e. The van der Waals surface area contributed by atoms with Crippen LogP contribution in [-0.2, 0) is 39.1 Å². The number of para-hydroxylation sites is 1. The number of nitrogens with one attached hydrogen (secondary N) is 1. The number of hydrogen-bond donors (Lipinski definition) is 2. The minimum absolute atomic E-state index is 0. The second-order valence-corrected chi connectivity index (χ2v) is 11.5. The number of carbonyl (C=O) groups excluding carboxylic acids is 1. The lowest BCUT2D eigenvalue weighted by molar-refractivity contribution is -0.126. The summed E-state index contributed by atoms with van der Waals surface area (Å²) in [5, 5.41) is 15.0. The third-order valence-electron chi connectivity index (χ3n) is 5.80. The van der Waals surface area contributed by atoms with Crippen LogP contribution in [0.15, 0.2) is 54.6 Å². The van der Waals surface area contributed by atoms with Crippen LogP contribution in [0.2, 0.25) is 0 Å². The van der Waals surface area contributed by atoms with Crippen LogP contribution in [0.3, 0.4) is 0 Å². The molecule has 0 fully saturated rings. The number of rotatable bonds is 13. The van der Waals surface area contributed by atoms with E-state index in [9.17, 15) is 13.2 Å². The number of benzene rings is 2. The smallest absolute Gasteiger partial charge is 0.240 e. The highest BCUT2D eigenvalue weighted by molar-refractivity contribution is 7.92. The number of aromatic nitrogens is 4. The minimum atomic E-state index is -3.39. The van der Waals surface area contributed by atoms with Gasteiger partial charge in [0.1, 0.15) is 6.04 Å². The van der Waals surface area contributed by atoms with Gasteiger partial charge in [-0.15, -0.1) is 5.10 Å². The summed E-state index contributed by atoms with van der Waals surface area (Å²) in [6.45, 7) is 4.22. The van der Waals surface area contributed by atoms with E-state index in [4.69, 9.17) is 10.5 Å². The molecule has 3 rings (SSSR count). The maximum Gasteiger partial charge on any atom is 0.240 e. The fraction of sp³-hybridized carbons (Fsp3) is 0.462. The number of ether oxygens (including phenoxy) is 1. The topological polar surface area (TPSA) is 145 Å². The van der Waals surface area contributed by atoms with E-state index in [1.165, 1.54) is 17.6 Å². The van der Waals surface area contributed by atoms with Gasteiger partial charge in [0.15, 0.2) is 5.82 Å². The lowest BCUT2D eigenvalue weighted by Crippen LogP contribution is -2.51. The molecule has 0 aliphatic heterocycles. The van der Waals surface area contributed by atoms with Crippen LogP contribution >= 0.6 is 0 Å². The number of hydrogen-bond acceptors (Lipinski definition) is 8. The lowest BCUT2D eigenvalue weighted by Gasteiger charge is -2.24. The lowest BCUT2D eigenvalue weighted by atomic mass is 10.1. The predicted octanol–water partition coefficient (Wildman–Crippen LogP) is 2.45. The summed E-state index contributed by atoms with van der Waals surface area (Å²) < 4.78 is 32.9. The van der Waals surface area contributed by atoms with Crippen molar-refractivity contribution in [2.24, 2.45) is 5.73 Å². The molecule has 0 aliphatic rings. The SMILES string of the molecule is C.CN(c1ccccc1CCCn1nnnc1[C@@H](COCc1ccccc1)NC(=O)C(C)(C)N)S(C)(=O)=O. The van der Waals surface area contributed by atoms with Gasteiger partial charge in [-0.25, -0.2) is 13.1 Å². The van der Waals surface area contributed by atoms with E-state index in [2.05, 4.69) is 20.8 Å². The summed E-state index contributed by atoms with van der Waals surface area (Å²) in [7, 11) is -1.85. The average molecular weight is 546 g/mol. The molecule has 12 heteroatoms. The number of carbonyl (C=O) groups is 1. The van der Waals surface area contributed by atoms with Crippen molar-refractivity contribution in [3.8, 4) is 0 Å². The number of nitrogens with two attached hydrogens (primary N) is 1. The molecule has 11 nitrogen and oxygen atoms in total. The van der Waals surface area contributed by atoms with Gasteiger partial charge < -0.3 is 15.8 Å². The normalized spacial score (nSPS) is 12.4. The summed E-state index contributed by atoms with van der Waals surface area (Å²) in [6, 6.07) is 16.5. The summed E-state index contributed by atoms with van der Waals surface area (Å²) in [5.74, 6) is 0.0975. The van der Waals surface area contributed by atoms with Gasteiger partial charge in [-0.1, -0.05) is 56.0 Å². The first kappa shape index (κ1) is 30.9. The fourth-order valence-electron chi connectivity index (χ4n) is 3.64. The van der Waals surface area contributed by atoms with Crippen LogP contribution in [0.1, 0.15) is 50.7 Å². The highest BCUT2D eigenvalue weighted by Gasteiger charge is 2.28. The van der Waals surface area contributed by atoms with Crippen molar-refractivity contribution < 1.29 is 17.9 Å². The second kappa shape index (κ2) is 13.4. The zero-order valence-electron chi connectivity index (χ0n) is 21.7. The first-order valence-corrected chi connectivity index (χ1v) is 13.8. The monoisotopic (exact) mass is 545 g/mol. The maximum absolute atomic E-state index is 12.7. The zero-order valence-corrected chi connectivity index (χ0v) is 22.5. The molecule has 1 amide bonds. The molecule has 1 heterocycles. The molecule has 3 aromatic rings. The van der Waals surface area contributed by atoms with Crippen molar-refractivity contribution in [3.05, 3.63) is 71.5 Å². The Morgan fingerprint density at radius 1 is 1.16 bits per heavy atom. The molecule has 1 aromatic heterocycles. The van der Waals surface area contributed by atoms with Gasteiger partial charge in [0, 0.05) is 13.6 Å². The Bertz CT molecular complexity index is 1270. The van der Waals surface area contributed by atoms with Crippen LogP contribution in [0.4, 0.5) is 5.69 Å². The van der Waals surface area contributed by atoms with E-state index >= 15 is 0 Å². The third-order valence-corrected chi connectivity index (χ3v) is 6.99. The maximum atomic E-state index is 12.7. The van der Waals surface area contributed by atoms with Gasteiger partial charge in [-0.3, -0.25) is 9.10 Å². The quantitative estimate of drug-likeness (QED) is 0.333. The van der Waals surface area contributed by atoms with E-state index in [1.807, 2.05) is 48.5 Å². The van der Waals surface area contributed by atoms with Crippen LogP contribution in [-0.4, -0.2) is 60.0 Å². The molecule has 0 bridgehead atoms. The molecule has 0 radical (unpaired) electrons. The van der Waals surface area contributed by atoms with Crippen molar-refractivity contribution in [1.82, 2.24) is 25.5 Å². The van der Waals surface area contributed by atoms with Crippen LogP contribution in [0, 0.1) is 0 Å². The molecule has 0 spiro atoms. The third kappa shape index (κ3) is 8.61. The molecule has 38 heavy (non-hydrogen) atoms. The Morgan fingerprint density at radius 2 is 1.82 bits per heavy atom. The minimum Gasteiger partial charge on any atom is -0.374 e. The van der Waals surface area contributed by atoms with Gasteiger partial charge >= 0.3 is 0 Å². The molecule has 0 unspecified atom stereocenters. The Balaban J connectivity index is 0.00000507.